The minimum atomic E-state index is 0.0645. The van der Waals surface area contributed by atoms with Crippen LogP contribution in [0.5, 0.6) is 5.75 Å². The summed E-state index contributed by atoms with van der Waals surface area (Å²) in [7, 11) is 0. The first-order valence-corrected chi connectivity index (χ1v) is 4.09. The van der Waals surface area contributed by atoms with Gasteiger partial charge in [-0.1, -0.05) is 18.1 Å². The molecule has 1 rings (SSSR count). The first-order valence-electron chi connectivity index (χ1n) is 4.09. The number of aliphatic hydroxyl groups is 1. The van der Waals surface area contributed by atoms with Crippen molar-refractivity contribution in [3.8, 4) is 17.6 Å². The normalized spacial score (nSPS) is 8.77. The summed E-state index contributed by atoms with van der Waals surface area (Å²) in [6.07, 6.45) is 0. The highest BCUT2D eigenvalue weighted by atomic mass is 16.5. The van der Waals surface area contributed by atoms with Crippen molar-refractivity contribution < 1.29 is 9.84 Å². The average Bonchev–Trinajstić information content (AvgIpc) is 2.19. The second kappa shape index (κ2) is 5.23. The third-order valence-electron chi connectivity index (χ3n) is 1.59. The summed E-state index contributed by atoms with van der Waals surface area (Å²) in [5.41, 5.74) is 0.883. The van der Waals surface area contributed by atoms with Gasteiger partial charge in [0.05, 0.1) is 6.61 Å². The Hall–Kier alpha value is -1.46. The van der Waals surface area contributed by atoms with E-state index >= 15 is 0 Å². The van der Waals surface area contributed by atoms with Crippen molar-refractivity contribution in [2.75, 3.05) is 6.61 Å². The van der Waals surface area contributed by atoms with E-state index in [2.05, 4.69) is 11.8 Å². The SMILES string of the molecule is CC#CCOc1ccc(CO)cc1. The van der Waals surface area contributed by atoms with Crippen molar-refractivity contribution in [2.24, 2.45) is 0 Å². The third kappa shape index (κ3) is 3.18. The first kappa shape index (κ1) is 9.63. The van der Waals surface area contributed by atoms with Gasteiger partial charge in [0.1, 0.15) is 12.4 Å². The van der Waals surface area contributed by atoms with Crippen LogP contribution < -0.4 is 4.74 Å². The third-order valence-corrected chi connectivity index (χ3v) is 1.59. The Balaban J connectivity index is 2.52. The number of hydrogen-bond donors (Lipinski definition) is 1. The predicted molar refractivity (Wildman–Crippen MR) is 51.3 cm³/mol. The lowest BCUT2D eigenvalue weighted by Crippen LogP contribution is -1.93. The smallest absolute Gasteiger partial charge is 0.149 e. The van der Waals surface area contributed by atoms with Gasteiger partial charge in [-0.2, -0.15) is 0 Å². The van der Waals surface area contributed by atoms with E-state index in [1.165, 1.54) is 0 Å². The lowest BCUT2D eigenvalue weighted by Gasteiger charge is -2.02. The lowest BCUT2D eigenvalue weighted by atomic mass is 10.2. The van der Waals surface area contributed by atoms with E-state index in [9.17, 15) is 0 Å². The molecule has 0 unspecified atom stereocenters. The zero-order valence-corrected chi connectivity index (χ0v) is 7.58. The Morgan fingerprint density at radius 3 is 2.54 bits per heavy atom. The molecule has 0 bridgehead atoms. The molecular formula is C11H12O2. The van der Waals surface area contributed by atoms with Crippen molar-refractivity contribution in [1.29, 1.82) is 0 Å². The highest BCUT2D eigenvalue weighted by Crippen LogP contribution is 2.11. The van der Waals surface area contributed by atoms with Gasteiger partial charge < -0.3 is 9.84 Å². The average molecular weight is 176 g/mol. The van der Waals surface area contributed by atoms with Crippen LogP contribution in [-0.2, 0) is 6.61 Å². The molecule has 0 amide bonds. The second-order valence-corrected chi connectivity index (χ2v) is 2.52. The molecule has 1 N–H and O–H groups in total. The Morgan fingerprint density at radius 2 is 2.00 bits per heavy atom. The number of aliphatic hydroxyl groups excluding tert-OH is 1. The monoisotopic (exact) mass is 176 g/mol. The first-order chi connectivity index (χ1) is 6.36. The quantitative estimate of drug-likeness (QED) is 0.708. The van der Waals surface area contributed by atoms with Gasteiger partial charge in [-0.25, -0.2) is 0 Å². The highest BCUT2D eigenvalue weighted by Gasteiger charge is 1.92. The summed E-state index contributed by atoms with van der Waals surface area (Å²) < 4.78 is 5.29. The molecule has 0 saturated heterocycles. The molecule has 68 valence electrons. The van der Waals surface area contributed by atoms with Crippen LogP contribution in [0, 0.1) is 11.8 Å². The van der Waals surface area contributed by atoms with Gasteiger partial charge in [0.25, 0.3) is 0 Å². The molecule has 13 heavy (non-hydrogen) atoms. The fourth-order valence-corrected chi connectivity index (χ4v) is 0.883. The number of benzene rings is 1. The van der Waals surface area contributed by atoms with Crippen LogP contribution >= 0.6 is 0 Å². The fourth-order valence-electron chi connectivity index (χ4n) is 0.883. The molecule has 0 fully saturated rings. The zero-order valence-electron chi connectivity index (χ0n) is 7.58. The van der Waals surface area contributed by atoms with Gasteiger partial charge in [-0.05, 0) is 24.6 Å². The highest BCUT2D eigenvalue weighted by molar-refractivity contribution is 5.27. The van der Waals surface area contributed by atoms with E-state index in [1.807, 2.05) is 24.3 Å². The number of rotatable bonds is 3. The summed E-state index contributed by atoms with van der Waals surface area (Å²) >= 11 is 0. The number of hydrogen-bond acceptors (Lipinski definition) is 2. The maximum atomic E-state index is 8.78. The molecule has 1 aromatic carbocycles. The molecule has 1 aromatic rings. The van der Waals surface area contributed by atoms with Crippen LogP contribution in [0.25, 0.3) is 0 Å². The van der Waals surface area contributed by atoms with Crippen molar-refractivity contribution in [2.45, 2.75) is 13.5 Å². The minimum Gasteiger partial charge on any atom is -0.481 e. The van der Waals surface area contributed by atoms with Crippen LogP contribution in [0.4, 0.5) is 0 Å². The summed E-state index contributed by atoms with van der Waals surface area (Å²) in [6, 6.07) is 7.30. The molecule has 0 aromatic heterocycles. The van der Waals surface area contributed by atoms with Crippen LogP contribution in [0.3, 0.4) is 0 Å². The van der Waals surface area contributed by atoms with Crippen molar-refractivity contribution in [3.63, 3.8) is 0 Å². The molecule has 0 atom stereocenters. The summed E-state index contributed by atoms with van der Waals surface area (Å²) in [5.74, 6) is 6.33. The van der Waals surface area contributed by atoms with E-state index in [0.717, 1.165) is 11.3 Å². The Labute approximate surface area is 78.2 Å². The van der Waals surface area contributed by atoms with Crippen molar-refractivity contribution >= 4 is 0 Å². The zero-order chi connectivity index (χ0) is 9.52. The predicted octanol–water partition coefficient (Wildman–Crippen LogP) is 1.58. The van der Waals surface area contributed by atoms with Crippen LogP contribution in [0.1, 0.15) is 12.5 Å². The Bertz CT molecular complexity index is 303. The van der Waals surface area contributed by atoms with Gasteiger partial charge in [0, 0.05) is 0 Å². The topological polar surface area (TPSA) is 29.5 Å². The van der Waals surface area contributed by atoms with E-state index in [1.54, 1.807) is 6.92 Å². The molecule has 0 heterocycles. The Morgan fingerprint density at radius 1 is 1.31 bits per heavy atom. The van der Waals surface area contributed by atoms with Crippen LogP contribution in [0.2, 0.25) is 0 Å². The summed E-state index contributed by atoms with van der Waals surface area (Å²) in [4.78, 5) is 0. The molecular weight excluding hydrogens is 164 g/mol. The van der Waals surface area contributed by atoms with E-state index in [-0.39, 0.29) is 6.61 Å². The molecule has 0 aliphatic heterocycles. The van der Waals surface area contributed by atoms with E-state index in [4.69, 9.17) is 9.84 Å². The fraction of sp³-hybridized carbons (Fsp3) is 0.273. The van der Waals surface area contributed by atoms with Gasteiger partial charge in [0.2, 0.25) is 0 Å². The molecule has 2 heteroatoms. The number of ether oxygens (including phenoxy) is 1. The van der Waals surface area contributed by atoms with E-state index < -0.39 is 0 Å². The van der Waals surface area contributed by atoms with E-state index in [0.29, 0.717) is 6.61 Å². The maximum Gasteiger partial charge on any atom is 0.149 e. The van der Waals surface area contributed by atoms with Gasteiger partial charge in [-0.3, -0.25) is 0 Å². The minimum absolute atomic E-state index is 0.0645. The molecule has 0 aliphatic rings. The molecule has 0 spiro atoms. The van der Waals surface area contributed by atoms with Crippen molar-refractivity contribution in [1.82, 2.24) is 0 Å². The largest absolute Gasteiger partial charge is 0.481 e. The second-order valence-electron chi connectivity index (χ2n) is 2.52. The van der Waals surface area contributed by atoms with Crippen LogP contribution in [0.15, 0.2) is 24.3 Å². The Kier molecular flexibility index (Phi) is 3.87. The van der Waals surface area contributed by atoms with Gasteiger partial charge in [0.15, 0.2) is 0 Å². The molecule has 0 aliphatic carbocycles. The maximum absolute atomic E-state index is 8.78. The molecule has 0 saturated carbocycles. The summed E-state index contributed by atoms with van der Waals surface area (Å²) in [6.45, 7) is 2.25. The molecule has 0 radical (unpaired) electrons. The summed E-state index contributed by atoms with van der Waals surface area (Å²) in [5, 5.41) is 8.78. The standard InChI is InChI=1S/C11H12O2/c1-2-3-8-13-11-6-4-10(9-12)5-7-11/h4-7,12H,8-9H2,1H3. The lowest BCUT2D eigenvalue weighted by molar-refractivity contribution is 0.281. The van der Waals surface area contributed by atoms with Crippen LogP contribution in [-0.4, -0.2) is 11.7 Å². The van der Waals surface area contributed by atoms with Gasteiger partial charge in [-0.15, -0.1) is 5.92 Å². The van der Waals surface area contributed by atoms with Gasteiger partial charge >= 0.3 is 0 Å². The molecule has 2 nitrogen and oxygen atoms in total. The van der Waals surface area contributed by atoms with Crippen molar-refractivity contribution in [3.05, 3.63) is 29.8 Å².